The Labute approximate surface area is 168 Å². The average Bonchev–Trinajstić information content (AvgIpc) is 3.13. The Hall–Kier alpha value is -2.77. The maximum absolute atomic E-state index is 13.0. The molecule has 7 heteroatoms. The lowest BCUT2D eigenvalue weighted by molar-refractivity contribution is -0.149. The molecule has 146 valence electrons. The van der Waals surface area contributed by atoms with E-state index in [4.69, 9.17) is 12.2 Å². The highest BCUT2D eigenvalue weighted by Crippen LogP contribution is 2.40. The molecule has 3 unspecified atom stereocenters. The number of aliphatic hydroxyl groups excluding tert-OH is 1. The SMILES string of the molecule is O=C(O)C1CCC(c2ccccc2O)N1C(=O)CC(=S)C(O)c1ccccc1. The standard InChI is InChI=1S/C21H21NO5S/c23-17-9-5-4-8-14(17)15-10-11-16(21(26)27)22(15)19(24)12-18(28)20(25)13-6-2-1-3-7-13/h1-9,15-16,20,23,25H,10-12H2,(H,26,27). The predicted octanol–water partition coefficient (Wildman–Crippen LogP) is 3.00. The molecule has 0 saturated carbocycles. The number of phenols is 1. The van der Waals surface area contributed by atoms with Crippen LogP contribution in [0.3, 0.4) is 0 Å². The molecule has 6 nitrogen and oxygen atoms in total. The van der Waals surface area contributed by atoms with Gasteiger partial charge < -0.3 is 20.2 Å². The minimum atomic E-state index is -1.10. The van der Waals surface area contributed by atoms with Crippen molar-refractivity contribution in [1.29, 1.82) is 0 Å². The zero-order chi connectivity index (χ0) is 20.3. The Balaban J connectivity index is 1.82. The van der Waals surface area contributed by atoms with Crippen LogP contribution in [0.15, 0.2) is 54.6 Å². The topological polar surface area (TPSA) is 98.1 Å². The van der Waals surface area contributed by atoms with Crippen molar-refractivity contribution in [1.82, 2.24) is 4.90 Å². The van der Waals surface area contributed by atoms with Crippen molar-refractivity contribution in [3.05, 3.63) is 65.7 Å². The molecule has 0 aromatic heterocycles. The van der Waals surface area contributed by atoms with Crippen LogP contribution in [0, 0.1) is 0 Å². The highest BCUT2D eigenvalue weighted by Gasteiger charge is 2.42. The molecule has 0 radical (unpaired) electrons. The van der Waals surface area contributed by atoms with Gasteiger partial charge >= 0.3 is 5.97 Å². The molecule has 3 atom stereocenters. The van der Waals surface area contributed by atoms with Gasteiger partial charge in [0, 0.05) is 10.4 Å². The fourth-order valence-electron chi connectivity index (χ4n) is 3.63. The summed E-state index contributed by atoms with van der Waals surface area (Å²) in [6.07, 6.45) is -0.628. The number of phenolic OH excluding ortho intramolecular Hbond substituents is 1. The maximum atomic E-state index is 13.0. The largest absolute Gasteiger partial charge is 0.508 e. The fraction of sp³-hybridized carbons (Fsp3) is 0.286. The second-order valence-electron chi connectivity index (χ2n) is 6.76. The minimum Gasteiger partial charge on any atom is -0.508 e. The van der Waals surface area contributed by atoms with Crippen LogP contribution in [0.4, 0.5) is 0 Å². The molecule has 2 aromatic rings. The first-order chi connectivity index (χ1) is 13.4. The third-order valence-corrected chi connectivity index (χ3v) is 5.37. The summed E-state index contributed by atoms with van der Waals surface area (Å²) >= 11 is 5.26. The number of carboxylic acid groups (broad SMARTS) is 1. The summed E-state index contributed by atoms with van der Waals surface area (Å²) in [5.41, 5.74) is 1.09. The summed E-state index contributed by atoms with van der Waals surface area (Å²) in [5.74, 6) is -1.55. The first-order valence-electron chi connectivity index (χ1n) is 8.97. The van der Waals surface area contributed by atoms with E-state index < -0.39 is 30.1 Å². The van der Waals surface area contributed by atoms with Crippen LogP contribution < -0.4 is 0 Å². The number of amides is 1. The van der Waals surface area contributed by atoms with Gasteiger partial charge in [0.15, 0.2) is 0 Å². The molecule has 0 aliphatic carbocycles. The van der Waals surface area contributed by atoms with Crippen molar-refractivity contribution in [2.45, 2.75) is 37.5 Å². The number of para-hydroxylation sites is 1. The quantitative estimate of drug-likeness (QED) is 0.646. The second-order valence-corrected chi connectivity index (χ2v) is 7.29. The zero-order valence-electron chi connectivity index (χ0n) is 15.1. The second kappa shape index (κ2) is 8.50. The summed E-state index contributed by atoms with van der Waals surface area (Å²) in [5, 5.41) is 30.1. The average molecular weight is 399 g/mol. The molecule has 2 aromatic carbocycles. The number of hydrogen-bond donors (Lipinski definition) is 3. The minimum absolute atomic E-state index is 0.0169. The Bertz CT molecular complexity index is 885. The third kappa shape index (κ3) is 4.05. The predicted molar refractivity (Wildman–Crippen MR) is 107 cm³/mol. The molecule has 1 amide bonds. The van der Waals surface area contributed by atoms with Gasteiger partial charge in [-0.3, -0.25) is 4.79 Å². The Morgan fingerprint density at radius 1 is 1.07 bits per heavy atom. The molecule has 3 N–H and O–H groups in total. The number of benzene rings is 2. The van der Waals surface area contributed by atoms with Crippen molar-refractivity contribution in [3.63, 3.8) is 0 Å². The number of hydrogen-bond acceptors (Lipinski definition) is 5. The number of carbonyl (C=O) groups excluding carboxylic acids is 1. The highest BCUT2D eigenvalue weighted by molar-refractivity contribution is 7.80. The monoisotopic (exact) mass is 399 g/mol. The van der Waals surface area contributed by atoms with Gasteiger partial charge in [0.2, 0.25) is 5.91 Å². The van der Waals surface area contributed by atoms with Gasteiger partial charge in [-0.15, -0.1) is 0 Å². The number of thiocarbonyl (C=S) groups is 1. The molecule has 1 aliphatic rings. The van der Waals surface area contributed by atoms with E-state index in [1.54, 1.807) is 42.5 Å². The van der Waals surface area contributed by atoms with Crippen molar-refractivity contribution in [2.75, 3.05) is 0 Å². The molecule has 28 heavy (non-hydrogen) atoms. The Kier molecular flexibility index (Phi) is 6.06. The number of carbonyl (C=O) groups is 2. The van der Waals surface area contributed by atoms with Crippen molar-refractivity contribution < 1.29 is 24.9 Å². The maximum Gasteiger partial charge on any atom is 0.326 e. The summed E-state index contributed by atoms with van der Waals surface area (Å²) in [6.45, 7) is 0. The van der Waals surface area contributed by atoms with Crippen molar-refractivity contribution in [3.8, 4) is 5.75 Å². The summed E-state index contributed by atoms with van der Waals surface area (Å²) in [6, 6.07) is 13.8. The number of aliphatic hydroxyl groups is 1. The van der Waals surface area contributed by atoms with Crippen molar-refractivity contribution >= 4 is 29.0 Å². The van der Waals surface area contributed by atoms with Crippen molar-refractivity contribution in [2.24, 2.45) is 0 Å². The lowest BCUT2D eigenvalue weighted by Gasteiger charge is -2.29. The number of likely N-dealkylation sites (tertiary alicyclic amines) is 1. The van der Waals surface area contributed by atoms with E-state index in [0.29, 0.717) is 17.5 Å². The molecule has 0 spiro atoms. The molecular formula is C21H21NO5S. The van der Waals surface area contributed by atoms with Gasteiger partial charge in [-0.1, -0.05) is 60.7 Å². The summed E-state index contributed by atoms with van der Waals surface area (Å²) < 4.78 is 0. The molecule has 1 heterocycles. The lowest BCUT2D eigenvalue weighted by Crippen LogP contribution is -2.42. The van der Waals surface area contributed by atoms with E-state index >= 15 is 0 Å². The fourth-order valence-corrected chi connectivity index (χ4v) is 3.89. The molecule has 1 saturated heterocycles. The van der Waals surface area contributed by atoms with E-state index in [1.807, 2.05) is 6.07 Å². The van der Waals surface area contributed by atoms with Crippen LogP contribution in [-0.4, -0.2) is 43.0 Å². The van der Waals surface area contributed by atoms with Gasteiger partial charge in [-0.25, -0.2) is 4.79 Å². The summed E-state index contributed by atoms with van der Waals surface area (Å²) in [4.78, 5) is 26.1. The Morgan fingerprint density at radius 3 is 2.36 bits per heavy atom. The van der Waals surface area contributed by atoms with Gasteiger partial charge in [-0.05, 0) is 24.5 Å². The van der Waals surface area contributed by atoms with Crippen LogP contribution in [0.5, 0.6) is 5.75 Å². The molecule has 1 fully saturated rings. The molecule has 0 bridgehead atoms. The number of aromatic hydroxyl groups is 1. The highest BCUT2D eigenvalue weighted by atomic mass is 32.1. The first-order valence-corrected chi connectivity index (χ1v) is 9.38. The van der Waals surface area contributed by atoms with E-state index in [-0.39, 0.29) is 23.5 Å². The van der Waals surface area contributed by atoms with E-state index in [1.165, 1.54) is 11.0 Å². The number of aliphatic carboxylic acids is 1. The third-order valence-electron chi connectivity index (χ3n) is 5.00. The van der Waals surface area contributed by atoms with Crippen LogP contribution in [0.2, 0.25) is 0 Å². The lowest BCUT2D eigenvalue weighted by atomic mass is 10.0. The Morgan fingerprint density at radius 2 is 1.71 bits per heavy atom. The number of rotatable bonds is 6. The molecular weight excluding hydrogens is 378 g/mol. The van der Waals surface area contributed by atoms with E-state index in [0.717, 1.165) is 0 Å². The van der Waals surface area contributed by atoms with Crippen LogP contribution in [0.25, 0.3) is 0 Å². The molecule has 1 aliphatic heterocycles. The van der Waals surface area contributed by atoms with Gasteiger partial charge in [0.25, 0.3) is 0 Å². The van der Waals surface area contributed by atoms with Gasteiger partial charge in [0.1, 0.15) is 17.9 Å². The smallest absolute Gasteiger partial charge is 0.326 e. The van der Waals surface area contributed by atoms with Crippen LogP contribution in [-0.2, 0) is 9.59 Å². The van der Waals surface area contributed by atoms with Crippen LogP contribution >= 0.6 is 12.2 Å². The van der Waals surface area contributed by atoms with Gasteiger partial charge in [0.05, 0.1) is 12.5 Å². The van der Waals surface area contributed by atoms with Gasteiger partial charge in [-0.2, -0.15) is 0 Å². The van der Waals surface area contributed by atoms with E-state index in [2.05, 4.69) is 0 Å². The summed E-state index contributed by atoms with van der Waals surface area (Å²) in [7, 11) is 0. The number of nitrogens with zero attached hydrogens (tertiary/aromatic N) is 1. The van der Waals surface area contributed by atoms with E-state index in [9.17, 15) is 24.9 Å². The first kappa shape index (κ1) is 20.0. The normalized spacial score (nSPS) is 20.0. The van der Waals surface area contributed by atoms with Crippen LogP contribution in [0.1, 0.15) is 42.5 Å². The number of carboxylic acids is 1. The molecule has 3 rings (SSSR count). The zero-order valence-corrected chi connectivity index (χ0v) is 15.9.